The van der Waals surface area contributed by atoms with Crippen LogP contribution in [0.3, 0.4) is 0 Å². The molecule has 0 radical (unpaired) electrons. The fourth-order valence-corrected chi connectivity index (χ4v) is 3.14. The summed E-state index contributed by atoms with van der Waals surface area (Å²) in [6.07, 6.45) is 1.24. The summed E-state index contributed by atoms with van der Waals surface area (Å²) in [5.74, 6) is 2.92. The normalized spacial score (nSPS) is 15.9. The van der Waals surface area contributed by atoms with Crippen LogP contribution in [0.1, 0.15) is 38.8 Å². The molecule has 150 valence electrons. The number of benzene rings is 2. The number of nitrogens with zero attached hydrogens (tertiary/aromatic N) is 1. The van der Waals surface area contributed by atoms with Gasteiger partial charge in [-0.3, -0.25) is 0 Å². The molecule has 2 aromatic rings. The van der Waals surface area contributed by atoms with Crippen molar-refractivity contribution in [3.63, 3.8) is 0 Å². The number of anilines is 1. The highest BCUT2D eigenvalue weighted by Crippen LogP contribution is 2.35. The van der Waals surface area contributed by atoms with Crippen molar-refractivity contribution in [2.24, 2.45) is 10.7 Å². The molecule has 1 unspecified atom stereocenters. The molecule has 1 aliphatic heterocycles. The molecule has 28 heavy (non-hydrogen) atoms. The van der Waals surface area contributed by atoms with Crippen molar-refractivity contribution < 1.29 is 14.2 Å². The number of hydrogen-bond donors (Lipinski definition) is 2. The molecule has 0 saturated carbocycles. The Morgan fingerprint density at radius 1 is 1.29 bits per heavy atom. The van der Waals surface area contributed by atoms with Crippen molar-refractivity contribution in [2.45, 2.75) is 52.9 Å². The Hall–Kier alpha value is -2.89. The second-order valence-corrected chi connectivity index (χ2v) is 7.15. The minimum Gasteiger partial charge on any atom is -0.494 e. The Labute approximate surface area is 166 Å². The molecule has 1 aliphatic rings. The lowest BCUT2D eigenvalue weighted by Crippen LogP contribution is -2.22. The van der Waals surface area contributed by atoms with Crippen LogP contribution in [0.4, 0.5) is 5.69 Å². The largest absolute Gasteiger partial charge is 0.494 e. The minimum absolute atomic E-state index is 0.143. The van der Waals surface area contributed by atoms with Gasteiger partial charge in [-0.1, -0.05) is 0 Å². The number of rotatable bonds is 7. The Bertz CT molecular complexity index is 832. The molecule has 0 amide bonds. The molecule has 0 aliphatic carbocycles. The fraction of sp³-hybridized carbons (Fsp3) is 0.409. The molecule has 0 saturated heterocycles. The summed E-state index contributed by atoms with van der Waals surface area (Å²) in [4.78, 5) is 4.46. The monoisotopic (exact) mass is 383 g/mol. The van der Waals surface area contributed by atoms with E-state index in [2.05, 4.69) is 23.3 Å². The summed E-state index contributed by atoms with van der Waals surface area (Å²) in [7, 11) is 0. The van der Waals surface area contributed by atoms with Gasteiger partial charge in [0.1, 0.15) is 23.4 Å². The molecule has 1 atom stereocenters. The van der Waals surface area contributed by atoms with Gasteiger partial charge in [-0.25, -0.2) is 4.99 Å². The first-order chi connectivity index (χ1) is 13.4. The van der Waals surface area contributed by atoms with Crippen LogP contribution in [-0.2, 0) is 13.0 Å². The second-order valence-electron chi connectivity index (χ2n) is 7.15. The predicted octanol–water partition coefficient (Wildman–Crippen LogP) is 4.12. The van der Waals surface area contributed by atoms with Crippen LogP contribution < -0.4 is 25.3 Å². The van der Waals surface area contributed by atoms with Crippen molar-refractivity contribution in [3.8, 4) is 17.2 Å². The van der Waals surface area contributed by atoms with Gasteiger partial charge < -0.3 is 25.3 Å². The van der Waals surface area contributed by atoms with E-state index >= 15 is 0 Å². The van der Waals surface area contributed by atoms with Crippen molar-refractivity contribution in [3.05, 3.63) is 47.5 Å². The van der Waals surface area contributed by atoms with Gasteiger partial charge in [0.2, 0.25) is 0 Å². The molecule has 3 N–H and O–H groups in total. The van der Waals surface area contributed by atoms with Crippen molar-refractivity contribution >= 4 is 11.6 Å². The Balaban J connectivity index is 1.68. The number of ether oxygens (including phenoxy) is 3. The van der Waals surface area contributed by atoms with Gasteiger partial charge in [-0.2, -0.15) is 0 Å². The molecule has 1 heterocycles. The maximum absolute atomic E-state index is 6.07. The summed E-state index contributed by atoms with van der Waals surface area (Å²) in [6.45, 7) is 9.05. The summed E-state index contributed by atoms with van der Waals surface area (Å²) in [5.41, 5.74) is 9.06. The van der Waals surface area contributed by atoms with Crippen LogP contribution in [0.25, 0.3) is 0 Å². The summed E-state index contributed by atoms with van der Waals surface area (Å²) in [6, 6.07) is 11.7. The third-order valence-corrected chi connectivity index (χ3v) is 4.30. The van der Waals surface area contributed by atoms with Gasteiger partial charge in [0.25, 0.3) is 0 Å². The Kier molecular flexibility index (Phi) is 6.29. The van der Waals surface area contributed by atoms with Crippen molar-refractivity contribution in [1.29, 1.82) is 0 Å². The Morgan fingerprint density at radius 2 is 2.04 bits per heavy atom. The second kappa shape index (κ2) is 8.87. The molecular formula is C22H29N3O3. The van der Waals surface area contributed by atoms with E-state index in [1.54, 1.807) is 0 Å². The zero-order valence-corrected chi connectivity index (χ0v) is 17.0. The highest BCUT2D eigenvalue weighted by molar-refractivity contribution is 5.92. The van der Waals surface area contributed by atoms with E-state index in [0.29, 0.717) is 19.1 Å². The molecule has 0 bridgehead atoms. The van der Waals surface area contributed by atoms with E-state index in [9.17, 15) is 0 Å². The number of fused-ring (bicyclic) bond motifs is 1. The van der Waals surface area contributed by atoms with Gasteiger partial charge >= 0.3 is 0 Å². The zero-order chi connectivity index (χ0) is 20.1. The SMILES string of the molecule is CCOc1cc2c(cc1CN=C(N)Nc1ccc(OC(C)C)cc1)OC(C)C2. The Morgan fingerprint density at radius 3 is 2.71 bits per heavy atom. The van der Waals surface area contributed by atoms with E-state index in [1.165, 1.54) is 5.56 Å². The quantitative estimate of drug-likeness (QED) is 0.555. The van der Waals surface area contributed by atoms with Crippen molar-refractivity contribution in [1.82, 2.24) is 0 Å². The lowest BCUT2D eigenvalue weighted by Gasteiger charge is -2.12. The number of guanidine groups is 1. The standard InChI is InChI=1S/C22H29N3O3/c1-5-26-20-11-16-10-15(4)28-21(16)12-17(20)13-24-22(23)25-18-6-8-19(9-7-18)27-14(2)3/h6-9,11-12,14-15H,5,10,13H2,1-4H3,(H3,23,24,25). The van der Waals surface area contributed by atoms with E-state index in [0.717, 1.165) is 34.9 Å². The topological polar surface area (TPSA) is 78.1 Å². The lowest BCUT2D eigenvalue weighted by molar-refractivity contribution is 0.242. The van der Waals surface area contributed by atoms with Gasteiger partial charge in [0.15, 0.2) is 5.96 Å². The van der Waals surface area contributed by atoms with E-state index in [4.69, 9.17) is 19.9 Å². The molecule has 0 aromatic heterocycles. The van der Waals surface area contributed by atoms with E-state index < -0.39 is 0 Å². The summed E-state index contributed by atoms with van der Waals surface area (Å²) in [5, 5.41) is 3.10. The average Bonchev–Trinajstić information content (AvgIpc) is 3.00. The molecule has 6 heteroatoms. The summed E-state index contributed by atoms with van der Waals surface area (Å²) >= 11 is 0. The lowest BCUT2D eigenvalue weighted by atomic mass is 10.1. The number of hydrogen-bond acceptors (Lipinski definition) is 4. The molecule has 3 rings (SSSR count). The molecule has 6 nitrogen and oxygen atoms in total. The third-order valence-electron chi connectivity index (χ3n) is 4.30. The third kappa shape index (κ3) is 5.09. The highest BCUT2D eigenvalue weighted by atomic mass is 16.5. The minimum atomic E-state index is 0.143. The number of nitrogens with two attached hydrogens (primary N) is 1. The molecule has 0 fully saturated rings. The van der Waals surface area contributed by atoms with Gasteiger partial charge in [0.05, 0.1) is 19.3 Å². The summed E-state index contributed by atoms with van der Waals surface area (Å²) < 4.78 is 17.3. The average molecular weight is 383 g/mol. The zero-order valence-electron chi connectivity index (χ0n) is 17.0. The van der Waals surface area contributed by atoms with Gasteiger partial charge in [-0.05, 0) is 64.1 Å². The first-order valence-corrected chi connectivity index (χ1v) is 9.73. The number of aliphatic imine (C=N–C) groups is 1. The van der Waals surface area contributed by atoms with Gasteiger partial charge in [0, 0.05) is 23.2 Å². The van der Waals surface area contributed by atoms with Crippen LogP contribution in [-0.4, -0.2) is 24.8 Å². The van der Waals surface area contributed by atoms with E-state index in [1.807, 2.05) is 51.1 Å². The first-order valence-electron chi connectivity index (χ1n) is 9.73. The van der Waals surface area contributed by atoms with Crippen molar-refractivity contribution in [2.75, 3.05) is 11.9 Å². The molecule has 0 spiro atoms. The maximum atomic E-state index is 6.07. The van der Waals surface area contributed by atoms with Crippen LogP contribution in [0.2, 0.25) is 0 Å². The van der Waals surface area contributed by atoms with Crippen LogP contribution in [0, 0.1) is 0 Å². The molecular weight excluding hydrogens is 354 g/mol. The van der Waals surface area contributed by atoms with Crippen LogP contribution in [0.5, 0.6) is 17.2 Å². The first kappa shape index (κ1) is 19.9. The smallest absolute Gasteiger partial charge is 0.193 e. The maximum Gasteiger partial charge on any atom is 0.193 e. The fourth-order valence-electron chi connectivity index (χ4n) is 3.14. The predicted molar refractivity (Wildman–Crippen MR) is 113 cm³/mol. The number of nitrogens with one attached hydrogen (secondary N) is 1. The van der Waals surface area contributed by atoms with E-state index in [-0.39, 0.29) is 12.2 Å². The highest BCUT2D eigenvalue weighted by Gasteiger charge is 2.21. The van der Waals surface area contributed by atoms with Gasteiger partial charge in [-0.15, -0.1) is 0 Å². The molecule has 2 aromatic carbocycles. The van der Waals surface area contributed by atoms with Crippen LogP contribution in [0.15, 0.2) is 41.4 Å². The van der Waals surface area contributed by atoms with Crippen LogP contribution >= 0.6 is 0 Å².